The van der Waals surface area contributed by atoms with Gasteiger partial charge in [0.15, 0.2) is 0 Å². The fourth-order valence-corrected chi connectivity index (χ4v) is 1.35. The number of hydrogen-bond donors (Lipinski definition) is 1. The van der Waals surface area contributed by atoms with E-state index in [4.69, 9.17) is 5.90 Å². The van der Waals surface area contributed by atoms with Gasteiger partial charge >= 0.3 is 0 Å². The van der Waals surface area contributed by atoms with Gasteiger partial charge in [0.1, 0.15) is 0 Å². The van der Waals surface area contributed by atoms with Crippen LogP contribution in [0, 0.1) is 5.92 Å². The van der Waals surface area contributed by atoms with Crippen LogP contribution in [0.25, 0.3) is 0 Å². The number of rotatable bonds is 3. The first-order chi connectivity index (χ1) is 4.93. The topological polar surface area (TPSA) is 35.2 Å². The number of nitrogens with two attached hydrogens (primary N) is 1. The van der Waals surface area contributed by atoms with Crippen molar-refractivity contribution in [1.82, 2.24) is 0 Å². The van der Waals surface area contributed by atoms with Crippen LogP contribution in [0.4, 0.5) is 0 Å². The minimum atomic E-state index is 0.707. The van der Waals surface area contributed by atoms with E-state index in [0.717, 1.165) is 12.3 Å². The van der Waals surface area contributed by atoms with Gasteiger partial charge in [-0.1, -0.05) is 12.2 Å². The van der Waals surface area contributed by atoms with Crippen molar-refractivity contribution in [3.63, 3.8) is 0 Å². The van der Waals surface area contributed by atoms with Crippen molar-refractivity contribution in [3.8, 4) is 0 Å². The van der Waals surface area contributed by atoms with Gasteiger partial charge in [0.05, 0.1) is 6.61 Å². The van der Waals surface area contributed by atoms with E-state index in [-0.39, 0.29) is 0 Å². The second-order valence-corrected chi connectivity index (χ2v) is 2.81. The molecule has 0 radical (unpaired) electrons. The fourth-order valence-electron chi connectivity index (χ4n) is 1.35. The Balaban J connectivity index is 2.10. The molecule has 1 aliphatic rings. The highest BCUT2D eigenvalue weighted by Crippen LogP contribution is 2.20. The first kappa shape index (κ1) is 7.76. The second-order valence-electron chi connectivity index (χ2n) is 2.81. The summed E-state index contributed by atoms with van der Waals surface area (Å²) in [6.45, 7) is 0.707. The molecule has 2 heteroatoms. The first-order valence-corrected chi connectivity index (χ1v) is 3.90. The van der Waals surface area contributed by atoms with Gasteiger partial charge in [0.2, 0.25) is 0 Å². The van der Waals surface area contributed by atoms with Crippen molar-refractivity contribution < 1.29 is 4.84 Å². The maximum atomic E-state index is 4.93. The van der Waals surface area contributed by atoms with Crippen LogP contribution < -0.4 is 5.90 Å². The molecular formula is C8H15NO. The molecule has 0 aromatic heterocycles. The third-order valence-corrected chi connectivity index (χ3v) is 2.02. The standard InChI is InChI=1S/C8H15NO/c9-10-7-6-8-4-2-1-3-5-8/h1-2,8H,3-7,9H2. The van der Waals surface area contributed by atoms with E-state index in [9.17, 15) is 0 Å². The molecule has 1 atom stereocenters. The minimum Gasteiger partial charge on any atom is -0.305 e. The predicted octanol–water partition coefficient (Wildman–Crippen LogP) is 1.62. The zero-order chi connectivity index (χ0) is 7.23. The molecule has 0 saturated carbocycles. The summed E-state index contributed by atoms with van der Waals surface area (Å²) in [4.78, 5) is 4.52. The van der Waals surface area contributed by atoms with Crippen LogP contribution in [0.15, 0.2) is 12.2 Å². The molecule has 58 valence electrons. The summed E-state index contributed by atoms with van der Waals surface area (Å²) in [5.41, 5.74) is 0. The molecule has 10 heavy (non-hydrogen) atoms. The van der Waals surface area contributed by atoms with Crippen molar-refractivity contribution in [2.75, 3.05) is 6.61 Å². The van der Waals surface area contributed by atoms with Crippen LogP contribution in [-0.2, 0) is 4.84 Å². The van der Waals surface area contributed by atoms with E-state index >= 15 is 0 Å². The lowest BCUT2D eigenvalue weighted by molar-refractivity contribution is 0.121. The van der Waals surface area contributed by atoms with Gasteiger partial charge in [-0.3, -0.25) is 0 Å². The molecule has 2 N–H and O–H groups in total. The fraction of sp³-hybridized carbons (Fsp3) is 0.750. The molecule has 0 heterocycles. The molecule has 0 aliphatic heterocycles. The van der Waals surface area contributed by atoms with Crippen molar-refractivity contribution in [2.45, 2.75) is 25.7 Å². The lowest BCUT2D eigenvalue weighted by Crippen LogP contribution is -2.09. The van der Waals surface area contributed by atoms with Gasteiger partial charge in [-0.05, 0) is 31.6 Å². The SMILES string of the molecule is NOCCC1CC=CCC1. The quantitative estimate of drug-likeness (QED) is 0.479. The Morgan fingerprint density at radius 1 is 1.50 bits per heavy atom. The smallest absolute Gasteiger partial charge is 0.0682 e. The Morgan fingerprint density at radius 3 is 3.00 bits per heavy atom. The Morgan fingerprint density at radius 2 is 2.40 bits per heavy atom. The van der Waals surface area contributed by atoms with Crippen molar-refractivity contribution in [3.05, 3.63) is 12.2 Å². The summed E-state index contributed by atoms with van der Waals surface area (Å²) in [5, 5.41) is 0. The van der Waals surface area contributed by atoms with Crippen LogP contribution >= 0.6 is 0 Å². The maximum Gasteiger partial charge on any atom is 0.0682 e. The van der Waals surface area contributed by atoms with Crippen LogP contribution in [0.3, 0.4) is 0 Å². The summed E-state index contributed by atoms with van der Waals surface area (Å²) in [6.07, 6.45) is 9.36. The molecule has 1 rings (SSSR count). The van der Waals surface area contributed by atoms with E-state index in [0.29, 0.717) is 6.61 Å². The monoisotopic (exact) mass is 141 g/mol. The second kappa shape index (κ2) is 4.47. The summed E-state index contributed by atoms with van der Waals surface area (Å²) in [5.74, 6) is 5.74. The van der Waals surface area contributed by atoms with Crippen molar-refractivity contribution in [2.24, 2.45) is 11.8 Å². The molecular weight excluding hydrogens is 126 g/mol. The molecule has 2 nitrogen and oxygen atoms in total. The predicted molar refractivity (Wildman–Crippen MR) is 41.2 cm³/mol. The molecule has 0 aromatic carbocycles. The molecule has 1 unspecified atom stereocenters. The summed E-state index contributed by atoms with van der Waals surface area (Å²) >= 11 is 0. The average molecular weight is 141 g/mol. The van der Waals surface area contributed by atoms with E-state index < -0.39 is 0 Å². The molecule has 1 aliphatic carbocycles. The van der Waals surface area contributed by atoms with Gasteiger partial charge < -0.3 is 4.84 Å². The van der Waals surface area contributed by atoms with E-state index in [2.05, 4.69) is 17.0 Å². The maximum absolute atomic E-state index is 4.93. The Hall–Kier alpha value is -0.340. The van der Waals surface area contributed by atoms with E-state index in [1.807, 2.05) is 0 Å². The van der Waals surface area contributed by atoms with Crippen molar-refractivity contribution >= 4 is 0 Å². The lowest BCUT2D eigenvalue weighted by Gasteiger charge is -2.16. The molecule has 0 fully saturated rings. The minimum absolute atomic E-state index is 0.707. The van der Waals surface area contributed by atoms with Crippen LogP contribution in [0.1, 0.15) is 25.7 Å². The highest BCUT2D eigenvalue weighted by molar-refractivity contribution is 4.89. The van der Waals surface area contributed by atoms with E-state index in [1.165, 1.54) is 19.3 Å². The average Bonchev–Trinajstić information content (AvgIpc) is 2.03. The van der Waals surface area contributed by atoms with Crippen LogP contribution in [-0.4, -0.2) is 6.61 Å². The molecule has 0 bridgehead atoms. The van der Waals surface area contributed by atoms with E-state index in [1.54, 1.807) is 0 Å². The van der Waals surface area contributed by atoms with Gasteiger partial charge in [0, 0.05) is 0 Å². The van der Waals surface area contributed by atoms with Gasteiger partial charge in [0.25, 0.3) is 0 Å². The zero-order valence-corrected chi connectivity index (χ0v) is 6.25. The van der Waals surface area contributed by atoms with Crippen LogP contribution in [0.2, 0.25) is 0 Å². The number of allylic oxidation sites excluding steroid dienone is 2. The largest absolute Gasteiger partial charge is 0.305 e. The third kappa shape index (κ3) is 2.50. The van der Waals surface area contributed by atoms with Gasteiger partial charge in [-0.25, -0.2) is 5.90 Å². The third-order valence-electron chi connectivity index (χ3n) is 2.02. The summed E-state index contributed by atoms with van der Waals surface area (Å²) in [6, 6.07) is 0. The summed E-state index contributed by atoms with van der Waals surface area (Å²) < 4.78 is 0. The molecule has 0 spiro atoms. The zero-order valence-electron chi connectivity index (χ0n) is 6.25. The molecule has 0 aromatic rings. The van der Waals surface area contributed by atoms with Crippen molar-refractivity contribution in [1.29, 1.82) is 0 Å². The Bertz CT molecular complexity index is 112. The Labute approximate surface area is 62.0 Å². The van der Waals surface area contributed by atoms with Crippen LogP contribution in [0.5, 0.6) is 0 Å². The molecule has 0 saturated heterocycles. The highest BCUT2D eigenvalue weighted by Gasteiger charge is 2.08. The van der Waals surface area contributed by atoms with Gasteiger partial charge in [-0.2, -0.15) is 0 Å². The van der Waals surface area contributed by atoms with Gasteiger partial charge in [-0.15, -0.1) is 0 Å². The molecule has 0 amide bonds. The highest BCUT2D eigenvalue weighted by atomic mass is 16.6. The summed E-state index contributed by atoms with van der Waals surface area (Å²) in [7, 11) is 0. The first-order valence-electron chi connectivity index (χ1n) is 3.90. The normalized spacial score (nSPS) is 25.1. The number of hydrogen-bond acceptors (Lipinski definition) is 2. The Kier molecular flexibility index (Phi) is 3.47. The lowest BCUT2D eigenvalue weighted by atomic mass is 9.92.